The van der Waals surface area contributed by atoms with Crippen LogP contribution in [0.1, 0.15) is 98.8 Å². The molecule has 0 atom stereocenters. The maximum Gasteiger partial charge on any atom is 0.305 e. The van der Waals surface area contributed by atoms with Gasteiger partial charge in [0.05, 0.1) is 32.8 Å². The molecule has 4 nitrogen and oxygen atoms in total. The second-order valence-corrected chi connectivity index (χ2v) is 7.10. The Labute approximate surface area is 163 Å². The summed E-state index contributed by atoms with van der Waals surface area (Å²) in [7, 11) is 0. The van der Waals surface area contributed by atoms with Gasteiger partial charge in [0, 0.05) is 13.3 Å². The van der Waals surface area contributed by atoms with Gasteiger partial charge >= 0.3 is 5.97 Å². The molecular formula is C22H49NO3+2. The molecule has 0 amide bonds. The van der Waals surface area contributed by atoms with Crippen LogP contribution in [0, 0.1) is 0 Å². The Hall–Kier alpha value is -0.610. The summed E-state index contributed by atoms with van der Waals surface area (Å²) in [5.74, 6) is -0.0341. The molecule has 26 heavy (non-hydrogen) atoms. The van der Waals surface area contributed by atoms with Crippen LogP contribution in [0.2, 0.25) is 0 Å². The standard InChI is InChI=1S/C20H42NO2.C2H6O/c1-5-21(6-2,7-3)19-17-15-13-11-9-10-12-14-16-18-20(22)23-8-4;1-2-3/h5-19H2,1-4H3;3H,2H2,1H3/q+1;/p+1. The number of carbonyl (C=O) groups is 1. The fourth-order valence-corrected chi connectivity index (χ4v) is 3.33. The second kappa shape index (κ2) is 20.7. The fraction of sp³-hybridized carbons (Fsp3) is 0.955. The van der Waals surface area contributed by atoms with Gasteiger partial charge in [-0.3, -0.25) is 4.79 Å². The molecule has 0 fully saturated rings. The summed E-state index contributed by atoms with van der Waals surface area (Å²) >= 11 is 0. The van der Waals surface area contributed by atoms with E-state index in [1.165, 1.54) is 82.0 Å². The van der Waals surface area contributed by atoms with Crippen molar-refractivity contribution in [1.82, 2.24) is 0 Å². The zero-order valence-corrected chi connectivity index (χ0v) is 18.6. The van der Waals surface area contributed by atoms with Gasteiger partial charge < -0.3 is 14.3 Å². The van der Waals surface area contributed by atoms with Gasteiger partial charge in [-0.25, -0.2) is 0 Å². The minimum atomic E-state index is -0.0341. The van der Waals surface area contributed by atoms with Crippen LogP contribution in [-0.2, 0) is 9.53 Å². The molecule has 0 unspecified atom stereocenters. The minimum absolute atomic E-state index is 0.0341. The molecule has 0 saturated heterocycles. The highest BCUT2D eigenvalue weighted by molar-refractivity contribution is 5.69. The normalized spacial score (nSPS) is 11.0. The molecule has 0 spiro atoms. The Balaban J connectivity index is 0. The van der Waals surface area contributed by atoms with Gasteiger partial charge in [0.15, 0.2) is 0 Å². The molecule has 0 rings (SSSR count). The predicted octanol–water partition coefficient (Wildman–Crippen LogP) is 5.06. The van der Waals surface area contributed by atoms with Crippen molar-refractivity contribution in [3.8, 4) is 0 Å². The minimum Gasteiger partial charge on any atom is -0.466 e. The number of hydrogen-bond acceptors (Lipinski definition) is 2. The van der Waals surface area contributed by atoms with Crippen LogP contribution in [0.3, 0.4) is 0 Å². The van der Waals surface area contributed by atoms with E-state index in [4.69, 9.17) is 9.84 Å². The first-order valence-electron chi connectivity index (χ1n) is 11.2. The third kappa shape index (κ3) is 16.8. The third-order valence-corrected chi connectivity index (χ3v) is 5.33. The van der Waals surface area contributed by atoms with Crippen LogP contribution in [0.15, 0.2) is 0 Å². The molecule has 0 aromatic carbocycles. The quantitative estimate of drug-likeness (QED) is 0.164. The first kappa shape index (κ1) is 27.6. The van der Waals surface area contributed by atoms with Crippen LogP contribution in [0.25, 0.3) is 0 Å². The number of unbranched alkanes of at least 4 members (excludes halogenated alkanes) is 8. The van der Waals surface area contributed by atoms with E-state index in [9.17, 15) is 4.79 Å². The Bertz CT molecular complexity index is 283. The van der Waals surface area contributed by atoms with Crippen LogP contribution in [0.5, 0.6) is 0 Å². The number of esters is 1. The lowest BCUT2D eigenvalue weighted by atomic mass is 10.1. The van der Waals surface area contributed by atoms with Crippen LogP contribution >= 0.6 is 0 Å². The molecule has 0 saturated carbocycles. The Morgan fingerprint density at radius 1 is 0.731 bits per heavy atom. The average molecular weight is 376 g/mol. The highest BCUT2D eigenvalue weighted by Crippen LogP contribution is 2.13. The van der Waals surface area contributed by atoms with Crippen LogP contribution < -0.4 is 0 Å². The SMILES string of the molecule is CCOC(=O)CCCCCCCCCCC[N+](CC)(CC)CC.CC[OH2+]. The summed E-state index contributed by atoms with van der Waals surface area (Å²) in [5, 5.41) is 6.21. The third-order valence-electron chi connectivity index (χ3n) is 5.33. The zero-order chi connectivity index (χ0) is 20.1. The fourth-order valence-electron chi connectivity index (χ4n) is 3.33. The number of nitrogens with zero attached hydrogens (tertiary/aromatic N) is 1. The molecule has 158 valence electrons. The molecule has 0 heterocycles. The topological polar surface area (TPSA) is 49.2 Å². The van der Waals surface area contributed by atoms with Gasteiger partial charge in [0.1, 0.15) is 6.61 Å². The molecule has 0 aromatic rings. The zero-order valence-electron chi connectivity index (χ0n) is 18.6. The molecule has 4 heteroatoms. The van der Waals surface area contributed by atoms with E-state index in [1.54, 1.807) is 6.92 Å². The number of rotatable bonds is 16. The lowest BCUT2D eigenvalue weighted by molar-refractivity contribution is -0.923. The summed E-state index contributed by atoms with van der Waals surface area (Å²) < 4.78 is 6.22. The number of hydrogen-bond donors (Lipinski definition) is 0. The molecule has 0 aliphatic carbocycles. The van der Waals surface area contributed by atoms with Crippen molar-refractivity contribution in [2.45, 2.75) is 98.8 Å². The summed E-state index contributed by atoms with van der Waals surface area (Å²) in [6, 6.07) is 0. The maximum atomic E-state index is 11.2. The van der Waals surface area contributed by atoms with Gasteiger partial charge in [-0.2, -0.15) is 0 Å². The molecule has 0 radical (unpaired) electrons. The van der Waals surface area contributed by atoms with Gasteiger partial charge in [0.25, 0.3) is 0 Å². The lowest BCUT2D eigenvalue weighted by Crippen LogP contribution is -2.48. The van der Waals surface area contributed by atoms with Gasteiger partial charge in [-0.05, 0) is 47.0 Å². The smallest absolute Gasteiger partial charge is 0.305 e. The first-order chi connectivity index (χ1) is 12.6. The Morgan fingerprint density at radius 2 is 1.12 bits per heavy atom. The van der Waals surface area contributed by atoms with Crippen LogP contribution in [0.4, 0.5) is 0 Å². The van der Waals surface area contributed by atoms with E-state index in [0.29, 0.717) is 19.6 Å². The van der Waals surface area contributed by atoms with Crippen molar-refractivity contribution >= 4 is 5.97 Å². The Morgan fingerprint density at radius 3 is 1.50 bits per heavy atom. The monoisotopic (exact) mass is 375 g/mol. The first-order valence-corrected chi connectivity index (χ1v) is 11.2. The van der Waals surface area contributed by atoms with E-state index < -0.39 is 0 Å². The molecular weight excluding hydrogens is 326 g/mol. The van der Waals surface area contributed by atoms with E-state index in [1.807, 2.05) is 6.92 Å². The van der Waals surface area contributed by atoms with E-state index in [2.05, 4.69) is 20.8 Å². The molecule has 0 aromatic heterocycles. The Kier molecular flexibility index (Phi) is 22.0. The number of ether oxygens (including phenoxy) is 1. The molecule has 0 bridgehead atoms. The number of quaternary nitrogens is 1. The highest BCUT2D eigenvalue weighted by Gasteiger charge is 2.19. The second-order valence-electron chi connectivity index (χ2n) is 7.10. The summed E-state index contributed by atoms with van der Waals surface area (Å²) in [5.41, 5.74) is 0. The van der Waals surface area contributed by atoms with Gasteiger partial charge in [-0.15, -0.1) is 0 Å². The van der Waals surface area contributed by atoms with Crippen molar-refractivity contribution in [3.05, 3.63) is 0 Å². The molecule has 2 N–H and O–H groups in total. The van der Waals surface area contributed by atoms with E-state index in [-0.39, 0.29) is 5.97 Å². The van der Waals surface area contributed by atoms with Crippen LogP contribution in [-0.4, -0.2) is 55.0 Å². The van der Waals surface area contributed by atoms with E-state index >= 15 is 0 Å². The lowest BCUT2D eigenvalue weighted by Gasteiger charge is -2.35. The molecule has 0 aliphatic rings. The molecule has 0 aliphatic heterocycles. The van der Waals surface area contributed by atoms with Crippen molar-refractivity contribution in [1.29, 1.82) is 0 Å². The van der Waals surface area contributed by atoms with Crippen molar-refractivity contribution < 1.29 is 19.1 Å². The summed E-state index contributed by atoms with van der Waals surface area (Å²) in [6.07, 6.45) is 12.2. The largest absolute Gasteiger partial charge is 0.466 e. The average Bonchev–Trinajstić information content (AvgIpc) is 2.64. The number of carbonyl (C=O) groups excluding carboxylic acids is 1. The maximum absolute atomic E-state index is 11.2. The van der Waals surface area contributed by atoms with Gasteiger partial charge in [-0.1, -0.05) is 38.5 Å². The van der Waals surface area contributed by atoms with Crippen molar-refractivity contribution in [2.24, 2.45) is 0 Å². The van der Waals surface area contributed by atoms with Crippen molar-refractivity contribution in [3.63, 3.8) is 0 Å². The summed E-state index contributed by atoms with van der Waals surface area (Å²) in [6.45, 7) is 16.8. The predicted molar refractivity (Wildman–Crippen MR) is 114 cm³/mol. The summed E-state index contributed by atoms with van der Waals surface area (Å²) in [4.78, 5) is 11.2. The van der Waals surface area contributed by atoms with Crippen molar-refractivity contribution in [2.75, 3.05) is 39.4 Å². The highest BCUT2D eigenvalue weighted by atomic mass is 16.5. The van der Waals surface area contributed by atoms with E-state index in [0.717, 1.165) is 6.42 Å². The van der Waals surface area contributed by atoms with Gasteiger partial charge in [0.2, 0.25) is 0 Å².